The quantitative estimate of drug-likeness (QED) is 0.480. The van der Waals surface area contributed by atoms with Crippen molar-refractivity contribution < 1.29 is 9.47 Å². The zero-order valence-corrected chi connectivity index (χ0v) is 14.2. The number of anilines is 1. The molecule has 0 aliphatic carbocycles. The molecule has 1 heterocycles. The Kier molecular flexibility index (Phi) is 5.69. The molecule has 3 rings (SSSR count). The maximum Gasteiger partial charge on any atom is 0.142 e. The topological polar surface area (TPSA) is 57.4 Å². The number of para-hydroxylation sites is 1. The molecule has 0 amide bonds. The Hall–Kier alpha value is -2.53. The van der Waals surface area contributed by atoms with Crippen molar-refractivity contribution in [2.24, 2.45) is 0 Å². The number of benzene rings is 2. The fourth-order valence-electron chi connectivity index (χ4n) is 2.29. The van der Waals surface area contributed by atoms with Gasteiger partial charge in [-0.15, -0.1) is 11.3 Å². The van der Waals surface area contributed by atoms with Gasteiger partial charge >= 0.3 is 0 Å². The first-order chi connectivity index (χ1) is 11.8. The summed E-state index contributed by atoms with van der Waals surface area (Å²) in [5.74, 6) is 1.62. The van der Waals surface area contributed by atoms with Gasteiger partial charge in [0.05, 0.1) is 30.1 Å². The van der Waals surface area contributed by atoms with E-state index in [-0.39, 0.29) is 0 Å². The summed E-state index contributed by atoms with van der Waals surface area (Å²) in [4.78, 5) is 4.29. The largest absolute Gasteiger partial charge is 0.494 e. The third-order valence-electron chi connectivity index (χ3n) is 3.55. The molecule has 0 aliphatic rings. The van der Waals surface area contributed by atoms with E-state index in [0.29, 0.717) is 18.9 Å². The van der Waals surface area contributed by atoms with E-state index in [1.165, 1.54) is 0 Å². The molecule has 0 spiro atoms. The van der Waals surface area contributed by atoms with Crippen molar-refractivity contribution in [2.75, 3.05) is 18.9 Å². The molecule has 0 saturated carbocycles. The maximum absolute atomic E-state index is 6.07. The molecule has 0 aliphatic heterocycles. The Morgan fingerprint density at radius 2 is 1.75 bits per heavy atom. The highest BCUT2D eigenvalue weighted by Gasteiger charge is 2.05. The predicted molar refractivity (Wildman–Crippen MR) is 98.6 cm³/mol. The van der Waals surface area contributed by atoms with E-state index >= 15 is 0 Å². The summed E-state index contributed by atoms with van der Waals surface area (Å²) in [6.45, 7) is 1.31. The fourth-order valence-corrected chi connectivity index (χ4v) is 2.85. The lowest BCUT2D eigenvalue weighted by atomic mass is 10.1. The number of unbranched alkanes of at least 4 members (excludes halogenated alkanes) is 1. The molecule has 5 heteroatoms. The number of nitrogens with zero attached hydrogens (tertiary/aromatic N) is 1. The minimum absolute atomic E-state index is 0.623. The fraction of sp³-hybridized carbons (Fsp3) is 0.211. The summed E-state index contributed by atoms with van der Waals surface area (Å²) < 4.78 is 11.4. The summed E-state index contributed by atoms with van der Waals surface area (Å²) in [6, 6.07) is 15.6. The lowest BCUT2D eigenvalue weighted by Crippen LogP contribution is -2.04. The van der Waals surface area contributed by atoms with Crippen LogP contribution in [0.15, 0.2) is 59.4 Å². The van der Waals surface area contributed by atoms with Crippen molar-refractivity contribution in [1.82, 2.24) is 4.98 Å². The predicted octanol–water partition coefficient (Wildman–Crippen LogP) is 4.63. The van der Waals surface area contributed by atoms with Crippen LogP contribution in [0.4, 0.5) is 5.69 Å². The van der Waals surface area contributed by atoms with Crippen molar-refractivity contribution in [3.8, 4) is 22.8 Å². The summed E-state index contributed by atoms with van der Waals surface area (Å²) in [6.07, 6.45) is 1.85. The van der Waals surface area contributed by atoms with Crippen LogP contribution in [-0.2, 0) is 0 Å². The summed E-state index contributed by atoms with van der Waals surface area (Å²) in [5, 5.41) is 2.00. The number of ether oxygens (including phenoxy) is 2. The highest BCUT2D eigenvalue weighted by atomic mass is 32.1. The monoisotopic (exact) mass is 340 g/mol. The van der Waals surface area contributed by atoms with Crippen LogP contribution in [0.25, 0.3) is 11.3 Å². The van der Waals surface area contributed by atoms with Crippen LogP contribution in [0.5, 0.6) is 11.5 Å². The molecular formula is C19H20N2O2S. The van der Waals surface area contributed by atoms with Gasteiger partial charge < -0.3 is 15.2 Å². The van der Waals surface area contributed by atoms with Gasteiger partial charge in [-0.05, 0) is 43.2 Å². The van der Waals surface area contributed by atoms with Crippen LogP contribution >= 0.6 is 11.3 Å². The Labute approximate surface area is 145 Å². The van der Waals surface area contributed by atoms with Gasteiger partial charge in [-0.2, -0.15) is 0 Å². The van der Waals surface area contributed by atoms with Crippen LogP contribution in [0.1, 0.15) is 12.8 Å². The van der Waals surface area contributed by atoms with E-state index in [1.54, 1.807) is 11.3 Å². The SMILES string of the molecule is Nc1cc(-c2cscn2)ccc1OCCCCOc1ccccc1. The van der Waals surface area contributed by atoms with Gasteiger partial charge in [-0.25, -0.2) is 4.98 Å². The van der Waals surface area contributed by atoms with E-state index in [2.05, 4.69) is 4.98 Å². The van der Waals surface area contributed by atoms with Crippen molar-refractivity contribution >= 4 is 17.0 Å². The molecule has 0 fully saturated rings. The first-order valence-corrected chi connectivity index (χ1v) is 8.86. The zero-order valence-electron chi connectivity index (χ0n) is 13.4. The molecule has 0 atom stereocenters. The highest BCUT2D eigenvalue weighted by molar-refractivity contribution is 7.07. The number of thiazole rings is 1. The zero-order chi connectivity index (χ0) is 16.6. The number of hydrogen-bond donors (Lipinski definition) is 1. The average molecular weight is 340 g/mol. The van der Waals surface area contributed by atoms with Crippen molar-refractivity contribution in [1.29, 1.82) is 0 Å². The number of nitrogen functional groups attached to an aromatic ring is 1. The van der Waals surface area contributed by atoms with Crippen molar-refractivity contribution in [3.63, 3.8) is 0 Å². The van der Waals surface area contributed by atoms with E-state index in [4.69, 9.17) is 15.2 Å². The van der Waals surface area contributed by atoms with Crippen LogP contribution in [-0.4, -0.2) is 18.2 Å². The van der Waals surface area contributed by atoms with Crippen LogP contribution in [0, 0.1) is 0 Å². The Morgan fingerprint density at radius 3 is 2.46 bits per heavy atom. The molecule has 2 aromatic carbocycles. The first-order valence-electron chi connectivity index (χ1n) is 7.91. The van der Waals surface area contributed by atoms with Crippen molar-refractivity contribution in [3.05, 3.63) is 59.4 Å². The van der Waals surface area contributed by atoms with Gasteiger partial charge in [0.25, 0.3) is 0 Å². The van der Waals surface area contributed by atoms with Crippen LogP contribution in [0.3, 0.4) is 0 Å². The van der Waals surface area contributed by atoms with E-state index in [9.17, 15) is 0 Å². The summed E-state index contributed by atoms with van der Waals surface area (Å²) >= 11 is 1.57. The Balaban J connectivity index is 1.40. The first kappa shape index (κ1) is 16.3. The van der Waals surface area contributed by atoms with Gasteiger partial charge in [0.1, 0.15) is 11.5 Å². The second-order valence-corrected chi connectivity index (χ2v) is 6.06. The number of hydrogen-bond acceptors (Lipinski definition) is 5. The van der Waals surface area contributed by atoms with E-state index in [1.807, 2.05) is 59.4 Å². The summed E-state index contributed by atoms with van der Waals surface area (Å²) in [7, 11) is 0. The number of nitrogens with two attached hydrogens (primary N) is 1. The smallest absolute Gasteiger partial charge is 0.142 e. The third kappa shape index (κ3) is 4.49. The molecule has 0 radical (unpaired) electrons. The third-order valence-corrected chi connectivity index (χ3v) is 4.13. The molecule has 0 bridgehead atoms. The Morgan fingerprint density at radius 1 is 0.958 bits per heavy atom. The average Bonchev–Trinajstić information content (AvgIpc) is 3.14. The molecular weight excluding hydrogens is 320 g/mol. The van der Waals surface area contributed by atoms with Gasteiger partial charge in [-0.3, -0.25) is 0 Å². The van der Waals surface area contributed by atoms with Crippen molar-refractivity contribution in [2.45, 2.75) is 12.8 Å². The molecule has 24 heavy (non-hydrogen) atoms. The molecule has 0 saturated heterocycles. The molecule has 3 aromatic rings. The van der Waals surface area contributed by atoms with Gasteiger partial charge in [-0.1, -0.05) is 18.2 Å². The molecule has 2 N–H and O–H groups in total. The van der Waals surface area contributed by atoms with Crippen LogP contribution in [0.2, 0.25) is 0 Å². The lowest BCUT2D eigenvalue weighted by Gasteiger charge is -2.10. The number of aromatic nitrogens is 1. The van der Waals surface area contributed by atoms with Crippen LogP contribution < -0.4 is 15.2 Å². The molecule has 0 unspecified atom stereocenters. The molecule has 124 valence electrons. The molecule has 4 nitrogen and oxygen atoms in total. The van der Waals surface area contributed by atoms with Gasteiger partial charge in [0.2, 0.25) is 0 Å². The maximum atomic E-state index is 6.07. The van der Waals surface area contributed by atoms with E-state index in [0.717, 1.165) is 35.6 Å². The summed E-state index contributed by atoms with van der Waals surface area (Å²) in [5.41, 5.74) is 10.5. The molecule has 1 aromatic heterocycles. The second-order valence-electron chi connectivity index (χ2n) is 5.34. The second kappa shape index (κ2) is 8.36. The minimum atomic E-state index is 0.623. The minimum Gasteiger partial charge on any atom is -0.494 e. The van der Waals surface area contributed by atoms with Gasteiger partial charge in [0, 0.05) is 10.9 Å². The van der Waals surface area contributed by atoms with E-state index < -0.39 is 0 Å². The number of rotatable bonds is 8. The lowest BCUT2D eigenvalue weighted by molar-refractivity contribution is 0.267. The van der Waals surface area contributed by atoms with Gasteiger partial charge in [0.15, 0.2) is 0 Å². The normalized spacial score (nSPS) is 10.5. The highest BCUT2D eigenvalue weighted by Crippen LogP contribution is 2.28. The standard InChI is InChI=1S/C19H20N2O2S/c20-17-12-15(18-13-24-14-21-18)8-9-19(17)23-11-5-4-10-22-16-6-2-1-3-7-16/h1-3,6-9,12-14H,4-5,10-11,20H2. The Bertz CT molecular complexity index is 745.